The van der Waals surface area contributed by atoms with Crippen molar-refractivity contribution < 1.29 is 9.21 Å². The molecule has 0 atom stereocenters. The molecule has 0 unspecified atom stereocenters. The number of fused-ring (bicyclic) bond motifs is 1. The lowest BCUT2D eigenvalue weighted by molar-refractivity contribution is 0.0995. The summed E-state index contributed by atoms with van der Waals surface area (Å²) >= 11 is 0. The van der Waals surface area contributed by atoms with E-state index < -0.39 is 0 Å². The van der Waals surface area contributed by atoms with E-state index >= 15 is 0 Å². The molecule has 122 valence electrons. The summed E-state index contributed by atoms with van der Waals surface area (Å²) in [6.45, 7) is 0.714. The third-order valence-corrected chi connectivity index (χ3v) is 4.34. The third-order valence-electron chi connectivity index (χ3n) is 4.34. The fourth-order valence-corrected chi connectivity index (χ4v) is 3.07. The number of anilines is 1. The van der Waals surface area contributed by atoms with E-state index in [1.165, 1.54) is 12.0 Å². The fraction of sp³-hybridized carbons (Fsp3) is 0.263. The van der Waals surface area contributed by atoms with Crippen LogP contribution in [0.1, 0.15) is 40.3 Å². The molecule has 0 spiro atoms. The van der Waals surface area contributed by atoms with Crippen molar-refractivity contribution in [3.8, 4) is 0 Å². The second-order valence-corrected chi connectivity index (χ2v) is 6.12. The highest BCUT2D eigenvalue weighted by atomic mass is 16.4. The number of benzene rings is 1. The van der Waals surface area contributed by atoms with Crippen LogP contribution < -0.4 is 5.32 Å². The van der Waals surface area contributed by atoms with Gasteiger partial charge in [0, 0.05) is 24.5 Å². The Balaban J connectivity index is 1.43. The highest BCUT2D eigenvalue weighted by Crippen LogP contribution is 2.25. The lowest BCUT2D eigenvalue weighted by atomic mass is 9.99. The van der Waals surface area contributed by atoms with Gasteiger partial charge in [0.05, 0.1) is 6.54 Å². The fourth-order valence-electron chi connectivity index (χ4n) is 3.07. The van der Waals surface area contributed by atoms with Gasteiger partial charge in [0.2, 0.25) is 0 Å². The minimum Gasteiger partial charge on any atom is -0.456 e. The van der Waals surface area contributed by atoms with E-state index in [9.17, 15) is 4.79 Å². The molecule has 2 heterocycles. The summed E-state index contributed by atoms with van der Waals surface area (Å²) in [7, 11) is 0. The molecule has 1 aromatic carbocycles. The SMILES string of the molecule is O=C(Nc1ccc(Cn2cccn2)cc1)c1cc2c(o1)CCCC2. The van der Waals surface area contributed by atoms with Crippen LogP contribution in [-0.2, 0) is 19.4 Å². The normalized spacial score (nSPS) is 13.5. The minimum atomic E-state index is -0.191. The first-order chi connectivity index (χ1) is 11.8. The summed E-state index contributed by atoms with van der Waals surface area (Å²) in [6.07, 6.45) is 7.94. The molecule has 4 rings (SSSR count). The molecule has 1 amide bonds. The zero-order chi connectivity index (χ0) is 16.4. The summed E-state index contributed by atoms with van der Waals surface area (Å²) in [6, 6.07) is 11.6. The molecule has 0 aliphatic heterocycles. The molecule has 5 heteroatoms. The third kappa shape index (κ3) is 3.11. The Morgan fingerprint density at radius 2 is 2.04 bits per heavy atom. The molecule has 3 aromatic rings. The Morgan fingerprint density at radius 1 is 1.21 bits per heavy atom. The van der Waals surface area contributed by atoms with Gasteiger partial charge in [-0.15, -0.1) is 0 Å². The van der Waals surface area contributed by atoms with Gasteiger partial charge in [0.25, 0.3) is 5.91 Å². The first-order valence-electron chi connectivity index (χ1n) is 8.27. The van der Waals surface area contributed by atoms with Crippen LogP contribution in [0.15, 0.2) is 53.2 Å². The van der Waals surface area contributed by atoms with Gasteiger partial charge in [-0.1, -0.05) is 12.1 Å². The summed E-state index contributed by atoms with van der Waals surface area (Å²) in [5.74, 6) is 1.19. The van der Waals surface area contributed by atoms with E-state index in [-0.39, 0.29) is 5.91 Å². The predicted molar refractivity (Wildman–Crippen MR) is 91.1 cm³/mol. The topological polar surface area (TPSA) is 60.1 Å². The van der Waals surface area contributed by atoms with Crippen molar-refractivity contribution >= 4 is 11.6 Å². The van der Waals surface area contributed by atoms with Gasteiger partial charge in [-0.2, -0.15) is 5.10 Å². The van der Waals surface area contributed by atoms with Crippen molar-refractivity contribution in [2.24, 2.45) is 0 Å². The minimum absolute atomic E-state index is 0.191. The van der Waals surface area contributed by atoms with Gasteiger partial charge in [-0.3, -0.25) is 9.48 Å². The lowest BCUT2D eigenvalue weighted by Crippen LogP contribution is -2.11. The highest BCUT2D eigenvalue weighted by molar-refractivity contribution is 6.02. The van der Waals surface area contributed by atoms with Gasteiger partial charge in [0.15, 0.2) is 5.76 Å². The Kier molecular flexibility index (Phi) is 3.91. The van der Waals surface area contributed by atoms with Crippen molar-refractivity contribution in [2.45, 2.75) is 32.2 Å². The maximum atomic E-state index is 12.4. The van der Waals surface area contributed by atoms with Crippen LogP contribution >= 0.6 is 0 Å². The molecule has 5 nitrogen and oxygen atoms in total. The van der Waals surface area contributed by atoms with Crippen LogP contribution in [-0.4, -0.2) is 15.7 Å². The van der Waals surface area contributed by atoms with E-state index in [1.54, 1.807) is 6.20 Å². The molecule has 1 N–H and O–H groups in total. The van der Waals surface area contributed by atoms with Gasteiger partial charge in [-0.05, 0) is 54.7 Å². The average molecular weight is 321 g/mol. The average Bonchev–Trinajstić information content (AvgIpc) is 3.25. The van der Waals surface area contributed by atoms with Crippen molar-refractivity contribution in [1.29, 1.82) is 0 Å². The van der Waals surface area contributed by atoms with Crippen LogP contribution in [0.5, 0.6) is 0 Å². The molecule has 24 heavy (non-hydrogen) atoms. The Morgan fingerprint density at radius 3 is 2.79 bits per heavy atom. The van der Waals surface area contributed by atoms with Crippen LogP contribution in [0.2, 0.25) is 0 Å². The number of amides is 1. The van der Waals surface area contributed by atoms with Crippen molar-refractivity contribution in [3.63, 3.8) is 0 Å². The number of carbonyl (C=O) groups is 1. The zero-order valence-corrected chi connectivity index (χ0v) is 13.4. The first kappa shape index (κ1) is 14.8. The quantitative estimate of drug-likeness (QED) is 0.798. The molecule has 0 saturated heterocycles. The number of nitrogens with zero attached hydrogens (tertiary/aromatic N) is 2. The molecule has 0 radical (unpaired) electrons. The van der Waals surface area contributed by atoms with E-state index in [0.29, 0.717) is 12.3 Å². The molecule has 1 aliphatic rings. The van der Waals surface area contributed by atoms with Crippen LogP contribution in [0, 0.1) is 0 Å². The number of hydrogen-bond donors (Lipinski definition) is 1. The maximum Gasteiger partial charge on any atom is 0.291 e. The van der Waals surface area contributed by atoms with Crippen LogP contribution in [0.3, 0.4) is 0 Å². The second-order valence-electron chi connectivity index (χ2n) is 6.12. The van der Waals surface area contributed by atoms with Crippen molar-refractivity contribution in [2.75, 3.05) is 5.32 Å². The Hall–Kier alpha value is -2.82. The number of aryl methyl sites for hydroxylation is 2. The smallest absolute Gasteiger partial charge is 0.291 e. The zero-order valence-electron chi connectivity index (χ0n) is 13.4. The number of hydrogen-bond acceptors (Lipinski definition) is 3. The first-order valence-corrected chi connectivity index (χ1v) is 8.27. The van der Waals surface area contributed by atoms with Crippen molar-refractivity contribution in [1.82, 2.24) is 9.78 Å². The van der Waals surface area contributed by atoms with Gasteiger partial charge in [0.1, 0.15) is 5.76 Å². The number of carbonyl (C=O) groups excluding carboxylic acids is 1. The van der Waals surface area contributed by atoms with Gasteiger partial charge >= 0.3 is 0 Å². The molecular weight excluding hydrogens is 302 g/mol. The molecular formula is C19H19N3O2. The molecule has 2 aromatic heterocycles. The summed E-state index contributed by atoms with van der Waals surface area (Å²) < 4.78 is 7.57. The molecule has 0 bridgehead atoms. The summed E-state index contributed by atoms with van der Waals surface area (Å²) in [4.78, 5) is 12.4. The number of rotatable bonds is 4. The summed E-state index contributed by atoms with van der Waals surface area (Å²) in [5.41, 5.74) is 3.07. The van der Waals surface area contributed by atoms with Gasteiger partial charge in [-0.25, -0.2) is 0 Å². The lowest BCUT2D eigenvalue weighted by Gasteiger charge is -2.07. The van der Waals surface area contributed by atoms with Crippen LogP contribution in [0.4, 0.5) is 5.69 Å². The number of aromatic nitrogens is 2. The standard InChI is InChI=1S/C19H19N3O2/c23-19(18-12-15-4-1-2-5-17(15)24-18)21-16-8-6-14(7-9-16)13-22-11-3-10-20-22/h3,6-12H,1-2,4-5,13H2,(H,21,23). The van der Waals surface area contributed by atoms with E-state index in [1.807, 2.05) is 47.3 Å². The number of furan rings is 1. The summed E-state index contributed by atoms with van der Waals surface area (Å²) in [5, 5.41) is 7.09. The molecule has 0 fully saturated rings. The Labute approximate surface area is 140 Å². The molecule has 0 saturated carbocycles. The van der Waals surface area contributed by atoms with Crippen molar-refractivity contribution in [3.05, 3.63) is 71.4 Å². The van der Waals surface area contributed by atoms with Crippen LogP contribution in [0.25, 0.3) is 0 Å². The Bertz CT molecular complexity index is 809. The largest absolute Gasteiger partial charge is 0.456 e. The predicted octanol–water partition coefficient (Wildman–Crippen LogP) is 3.66. The van der Waals surface area contributed by atoms with E-state index in [4.69, 9.17) is 4.42 Å². The second kappa shape index (κ2) is 6.35. The molecule has 1 aliphatic carbocycles. The monoisotopic (exact) mass is 321 g/mol. The van der Waals surface area contributed by atoms with Gasteiger partial charge < -0.3 is 9.73 Å². The van der Waals surface area contributed by atoms with E-state index in [2.05, 4.69) is 10.4 Å². The maximum absolute atomic E-state index is 12.4. The number of nitrogens with one attached hydrogen (secondary N) is 1. The highest BCUT2D eigenvalue weighted by Gasteiger charge is 2.19. The van der Waals surface area contributed by atoms with E-state index in [0.717, 1.165) is 36.3 Å².